The van der Waals surface area contributed by atoms with Crippen molar-refractivity contribution in [1.82, 2.24) is 0 Å². The Kier molecular flexibility index (Phi) is 40.9. The zero-order valence-corrected chi connectivity index (χ0v) is 14.5. The lowest BCUT2D eigenvalue weighted by molar-refractivity contribution is 0.399. The lowest BCUT2D eigenvalue weighted by Gasteiger charge is -1.97. The van der Waals surface area contributed by atoms with Crippen molar-refractivity contribution in [3.05, 3.63) is 67.3 Å². The average Bonchev–Trinajstić information content (AvgIpc) is 2.55. The van der Waals surface area contributed by atoms with Gasteiger partial charge in [0.1, 0.15) is 0 Å². The first-order valence-corrected chi connectivity index (χ1v) is 7.12. The highest BCUT2D eigenvalue weighted by molar-refractivity contribution is 5.64. The third kappa shape index (κ3) is 21.7. The van der Waals surface area contributed by atoms with Gasteiger partial charge in [-0.05, 0) is 25.0 Å². The first-order chi connectivity index (χ1) is 9.76. The van der Waals surface area contributed by atoms with Crippen LogP contribution in [0, 0.1) is 0 Å². The Hall–Kier alpha value is -1.60. The van der Waals surface area contributed by atoms with Crippen LogP contribution in [0.1, 0.15) is 47.1 Å². The topological polar surface area (TPSA) is 20.2 Å². The van der Waals surface area contributed by atoms with Gasteiger partial charge in [-0.1, -0.05) is 82.8 Å². The first-order valence-electron chi connectivity index (χ1n) is 7.12. The summed E-state index contributed by atoms with van der Waals surface area (Å²) >= 11 is 0. The minimum atomic E-state index is 1.00. The molecule has 0 unspecified atom stereocenters. The van der Waals surface area contributed by atoms with Crippen molar-refractivity contribution < 1.29 is 5.11 Å². The minimum Gasteiger partial charge on any atom is -0.400 e. The van der Waals surface area contributed by atoms with Gasteiger partial charge in [0, 0.05) is 7.11 Å². The van der Waals surface area contributed by atoms with E-state index in [9.17, 15) is 0 Å². The fourth-order valence-electron chi connectivity index (χ4n) is 0.974. The van der Waals surface area contributed by atoms with Gasteiger partial charge in [0.25, 0.3) is 0 Å². The average molecular weight is 278 g/mol. The quantitative estimate of drug-likeness (QED) is 0.509. The Morgan fingerprint density at radius 1 is 0.950 bits per heavy atom. The van der Waals surface area contributed by atoms with Crippen molar-refractivity contribution in [3.8, 4) is 0 Å². The molecule has 0 atom stereocenters. The van der Waals surface area contributed by atoms with E-state index in [-0.39, 0.29) is 0 Å². The third-order valence-electron chi connectivity index (χ3n) is 1.60. The van der Waals surface area contributed by atoms with E-state index in [1.165, 1.54) is 11.1 Å². The van der Waals surface area contributed by atoms with E-state index in [2.05, 4.69) is 32.2 Å². The molecule has 20 heavy (non-hydrogen) atoms. The van der Waals surface area contributed by atoms with E-state index >= 15 is 0 Å². The van der Waals surface area contributed by atoms with Crippen LogP contribution in [0.3, 0.4) is 0 Å². The van der Waals surface area contributed by atoms with Gasteiger partial charge in [-0.2, -0.15) is 0 Å². The van der Waals surface area contributed by atoms with Crippen LogP contribution in [-0.2, 0) is 0 Å². The van der Waals surface area contributed by atoms with E-state index in [1.54, 1.807) is 6.08 Å². The molecule has 1 nitrogen and oxygen atoms in total. The first kappa shape index (κ1) is 26.9. The third-order valence-corrected chi connectivity index (χ3v) is 1.60. The molecule has 0 saturated carbocycles. The number of hydrogen-bond donors (Lipinski definition) is 1. The molecule has 1 heteroatoms. The van der Waals surface area contributed by atoms with Crippen molar-refractivity contribution in [1.29, 1.82) is 0 Å². The van der Waals surface area contributed by atoms with Gasteiger partial charge in [0.15, 0.2) is 0 Å². The second-order valence-corrected chi connectivity index (χ2v) is 2.86. The fourth-order valence-corrected chi connectivity index (χ4v) is 0.974. The van der Waals surface area contributed by atoms with E-state index < -0.39 is 0 Å². The van der Waals surface area contributed by atoms with Gasteiger partial charge in [0.2, 0.25) is 0 Å². The summed E-state index contributed by atoms with van der Waals surface area (Å²) < 4.78 is 0. The molecule has 0 radical (unpaired) electrons. The predicted octanol–water partition coefficient (Wildman–Crippen LogP) is 6.13. The van der Waals surface area contributed by atoms with Gasteiger partial charge in [-0.15, -0.1) is 6.58 Å². The molecule has 0 saturated heterocycles. The van der Waals surface area contributed by atoms with Crippen molar-refractivity contribution in [2.24, 2.45) is 0 Å². The van der Waals surface area contributed by atoms with Gasteiger partial charge >= 0.3 is 0 Å². The molecule has 116 valence electrons. The van der Waals surface area contributed by atoms with E-state index in [0.717, 1.165) is 7.11 Å². The van der Waals surface area contributed by atoms with Crippen molar-refractivity contribution in [2.45, 2.75) is 41.5 Å². The van der Waals surface area contributed by atoms with Gasteiger partial charge in [-0.3, -0.25) is 0 Å². The molecule has 0 amide bonds. The highest BCUT2D eigenvalue weighted by Crippen LogP contribution is 2.11. The maximum Gasteiger partial charge on any atom is 0.0319 e. The largest absolute Gasteiger partial charge is 0.400 e. The second-order valence-electron chi connectivity index (χ2n) is 2.86. The summed E-state index contributed by atoms with van der Waals surface area (Å²) in [5.74, 6) is 0. The molecule has 1 N–H and O–H groups in total. The molecule has 1 aromatic carbocycles. The monoisotopic (exact) mass is 278 g/mol. The van der Waals surface area contributed by atoms with Gasteiger partial charge in [-0.25, -0.2) is 0 Å². The summed E-state index contributed by atoms with van der Waals surface area (Å²) in [4.78, 5) is 0. The number of benzene rings is 1. The Balaban J connectivity index is -0.000000121. The molecule has 0 bridgehead atoms. The maximum atomic E-state index is 7.00. The smallest absolute Gasteiger partial charge is 0.0319 e. The van der Waals surface area contributed by atoms with Gasteiger partial charge < -0.3 is 5.11 Å². The van der Waals surface area contributed by atoms with E-state index in [1.807, 2.05) is 65.0 Å². The van der Waals surface area contributed by atoms with Crippen molar-refractivity contribution in [3.63, 3.8) is 0 Å². The summed E-state index contributed by atoms with van der Waals surface area (Å²) in [5, 5.41) is 7.00. The number of allylic oxidation sites excluding steroid dienone is 4. The Morgan fingerprint density at radius 2 is 1.30 bits per heavy atom. The van der Waals surface area contributed by atoms with Crippen LogP contribution in [0.5, 0.6) is 0 Å². The molecule has 0 fully saturated rings. The SMILES string of the molecule is C=C/C=C(\C)c1ccccc1.C=CC.CC.CC.CO. The minimum absolute atomic E-state index is 1.00. The Bertz CT molecular complexity index is 297. The summed E-state index contributed by atoms with van der Waals surface area (Å²) in [6.07, 6.45) is 5.57. The molecular weight excluding hydrogens is 244 g/mol. The van der Waals surface area contributed by atoms with E-state index in [0.29, 0.717) is 0 Å². The molecule has 0 aliphatic rings. The normalized spacial score (nSPS) is 7.70. The number of aliphatic hydroxyl groups excluding tert-OH is 1. The van der Waals surface area contributed by atoms with Crippen LogP contribution in [0.25, 0.3) is 5.57 Å². The lowest BCUT2D eigenvalue weighted by Crippen LogP contribution is -1.75. The zero-order chi connectivity index (χ0) is 16.8. The van der Waals surface area contributed by atoms with Crippen LogP contribution in [0.15, 0.2) is 61.7 Å². The van der Waals surface area contributed by atoms with Crippen LogP contribution >= 0.6 is 0 Å². The van der Waals surface area contributed by atoms with E-state index in [4.69, 9.17) is 5.11 Å². The summed E-state index contributed by atoms with van der Waals surface area (Å²) in [7, 11) is 1.00. The second kappa shape index (κ2) is 30.4. The van der Waals surface area contributed by atoms with Crippen LogP contribution in [-0.4, -0.2) is 12.2 Å². The zero-order valence-electron chi connectivity index (χ0n) is 14.5. The Morgan fingerprint density at radius 3 is 1.60 bits per heavy atom. The highest BCUT2D eigenvalue weighted by atomic mass is 16.2. The molecule has 0 heterocycles. The molecule has 0 aliphatic heterocycles. The van der Waals surface area contributed by atoms with Crippen LogP contribution in [0.2, 0.25) is 0 Å². The number of hydrogen-bond acceptors (Lipinski definition) is 1. The van der Waals surface area contributed by atoms with Gasteiger partial charge in [0.05, 0.1) is 0 Å². The van der Waals surface area contributed by atoms with Crippen LogP contribution in [0.4, 0.5) is 0 Å². The number of rotatable bonds is 2. The maximum absolute atomic E-state index is 7.00. The molecule has 1 aromatic rings. The molecule has 1 rings (SSSR count). The summed E-state index contributed by atoms with van der Waals surface area (Å²) in [6, 6.07) is 10.3. The number of aliphatic hydroxyl groups is 1. The summed E-state index contributed by atoms with van der Waals surface area (Å²) in [6.45, 7) is 19.0. The lowest BCUT2D eigenvalue weighted by atomic mass is 10.1. The highest BCUT2D eigenvalue weighted by Gasteiger charge is 1.89. The summed E-state index contributed by atoms with van der Waals surface area (Å²) in [5.41, 5.74) is 2.51. The fraction of sp³-hybridized carbons (Fsp3) is 0.368. The molecular formula is C19H34O. The van der Waals surface area contributed by atoms with Crippen molar-refractivity contribution >= 4 is 5.57 Å². The van der Waals surface area contributed by atoms with Crippen LogP contribution < -0.4 is 0 Å². The molecule has 0 aromatic heterocycles. The standard InChI is InChI=1S/C11H12.C3H6.2C2H6.CH4O/c1-3-7-10(2)11-8-5-4-6-9-11;1-3-2;3*1-2/h3-9H,1H2,2H3;3H,1H2,2H3;2*1-2H3;2H,1H3/b10-7+;;;;. The predicted molar refractivity (Wildman–Crippen MR) is 97.0 cm³/mol. The van der Waals surface area contributed by atoms with Crippen molar-refractivity contribution in [2.75, 3.05) is 7.11 Å². The molecule has 0 aliphatic carbocycles. The Labute approximate surface area is 127 Å². The molecule has 0 spiro atoms.